The van der Waals surface area contributed by atoms with Crippen molar-refractivity contribution in [3.05, 3.63) is 48.2 Å². The smallest absolute Gasteiger partial charge is 0.165 e. The van der Waals surface area contributed by atoms with Gasteiger partial charge in [-0.05, 0) is 30.7 Å². The van der Waals surface area contributed by atoms with Gasteiger partial charge in [0.15, 0.2) is 11.6 Å². The zero-order chi connectivity index (χ0) is 16.2. The number of anilines is 1. The maximum absolute atomic E-state index is 13.8. The van der Waals surface area contributed by atoms with Gasteiger partial charge in [-0.2, -0.15) is 0 Å². The second kappa shape index (κ2) is 6.91. The Morgan fingerprint density at radius 3 is 2.83 bits per heavy atom. The summed E-state index contributed by atoms with van der Waals surface area (Å²) in [6, 6.07) is 7.46. The number of nitrogens with zero attached hydrogens (tertiary/aromatic N) is 4. The fourth-order valence-electron chi connectivity index (χ4n) is 2.95. The summed E-state index contributed by atoms with van der Waals surface area (Å²) in [4.78, 5) is 12.9. The molecule has 1 aliphatic heterocycles. The van der Waals surface area contributed by atoms with Crippen molar-refractivity contribution >= 4 is 5.82 Å². The van der Waals surface area contributed by atoms with E-state index >= 15 is 0 Å². The Balaban J connectivity index is 1.64. The summed E-state index contributed by atoms with van der Waals surface area (Å²) < 4.78 is 18.8. The van der Waals surface area contributed by atoms with Crippen LogP contribution in [0.4, 0.5) is 10.2 Å². The Bertz CT molecular complexity index is 652. The lowest BCUT2D eigenvalue weighted by Crippen LogP contribution is -2.51. The molecule has 2 heterocycles. The maximum Gasteiger partial charge on any atom is 0.165 e. The molecular weight excluding hydrogens is 295 g/mol. The third kappa shape index (κ3) is 3.59. The number of rotatable bonds is 4. The van der Waals surface area contributed by atoms with Crippen LogP contribution in [0.1, 0.15) is 12.5 Å². The van der Waals surface area contributed by atoms with Crippen molar-refractivity contribution in [3.8, 4) is 5.75 Å². The number of piperazine rings is 1. The number of ether oxygens (including phenoxy) is 1. The molecule has 0 aliphatic carbocycles. The molecule has 3 rings (SSSR count). The number of methoxy groups -OCH3 is 1. The molecule has 2 aromatic rings. The average molecular weight is 316 g/mol. The molecule has 1 aromatic heterocycles. The van der Waals surface area contributed by atoms with Gasteiger partial charge in [-0.1, -0.05) is 6.07 Å². The lowest BCUT2D eigenvalue weighted by molar-refractivity contribution is 0.180. The summed E-state index contributed by atoms with van der Waals surface area (Å²) in [5.74, 6) is 0.939. The van der Waals surface area contributed by atoms with Crippen molar-refractivity contribution in [2.24, 2.45) is 0 Å². The van der Waals surface area contributed by atoms with Crippen molar-refractivity contribution in [1.82, 2.24) is 14.9 Å². The van der Waals surface area contributed by atoms with E-state index in [2.05, 4.69) is 26.7 Å². The first-order valence-corrected chi connectivity index (χ1v) is 7.75. The highest BCUT2D eigenvalue weighted by atomic mass is 19.1. The van der Waals surface area contributed by atoms with E-state index in [-0.39, 0.29) is 11.6 Å². The van der Waals surface area contributed by atoms with Crippen LogP contribution in [0, 0.1) is 5.82 Å². The van der Waals surface area contributed by atoms with E-state index in [1.807, 2.05) is 12.1 Å². The van der Waals surface area contributed by atoms with E-state index in [9.17, 15) is 4.39 Å². The van der Waals surface area contributed by atoms with Gasteiger partial charge in [-0.25, -0.2) is 14.4 Å². The van der Waals surface area contributed by atoms with Crippen LogP contribution in [0.25, 0.3) is 0 Å². The Morgan fingerprint density at radius 2 is 2.17 bits per heavy atom. The first-order chi connectivity index (χ1) is 11.2. The van der Waals surface area contributed by atoms with E-state index < -0.39 is 0 Å². The van der Waals surface area contributed by atoms with E-state index in [4.69, 9.17) is 4.74 Å². The largest absolute Gasteiger partial charge is 0.494 e. The normalized spacial score (nSPS) is 18.9. The Kier molecular flexibility index (Phi) is 4.71. The van der Waals surface area contributed by atoms with Crippen molar-refractivity contribution in [1.29, 1.82) is 0 Å². The fraction of sp³-hybridized carbons (Fsp3) is 0.412. The zero-order valence-electron chi connectivity index (χ0n) is 13.4. The molecule has 5 nitrogen and oxygen atoms in total. The lowest BCUT2D eigenvalue weighted by Gasteiger charge is -2.40. The van der Waals surface area contributed by atoms with Gasteiger partial charge in [0, 0.05) is 38.4 Å². The number of aromatic nitrogens is 2. The molecule has 0 radical (unpaired) electrons. The van der Waals surface area contributed by atoms with Crippen molar-refractivity contribution in [3.63, 3.8) is 0 Å². The number of benzene rings is 1. The predicted molar refractivity (Wildman–Crippen MR) is 87.1 cm³/mol. The molecule has 0 bridgehead atoms. The number of hydrogen-bond acceptors (Lipinski definition) is 5. The summed E-state index contributed by atoms with van der Waals surface area (Å²) >= 11 is 0. The Labute approximate surface area is 135 Å². The van der Waals surface area contributed by atoms with Crippen LogP contribution in [-0.2, 0) is 6.54 Å². The monoisotopic (exact) mass is 316 g/mol. The molecule has 1 aliphatic rings. The fourth-order valence-corrected chi connectivity index (χ4v) is 2.95. The van der Waals surface area contributed by atoms with Gasteiger partial charge in [0.25, 0.3) is 0 Å². The summed E-state index contributed by atoms with van der Waals surface area (Å²) in [6.07, 6.45) is 3.34. The summed E-state index contributed by atoms with van der Waals surface area (Å²) in [6.45, 7) is 5.64. The van der Waals surface area contributed by atoms with Gasteiger partial charge < -0.3 is 9.64 Å². The van der Waals surface area contributed by atoms with E-state index in [1.165, 1.54) is 7.11 Å². The van der Waals surface area contributed by atoms with E-state index in [1.54, 1.807) is 24.7 Å². The minimum atomic E-state index is -0.308. The summed E-state index contributed by atoms with van der Waals surface area (Å²) in [5, 5.41) is 0. The number of hydrogen-bond donors (Lipinski definition) is 0. The molecule has 1 aromatic carbocycles. The highest BCUT2D eigenvalue weighted by Gasteiger charge is 2.24. The van der Waals surface area contributed by atoms with E-state index in [0.717, 1.165) is 37.6 Å². The Morgan fingerprint density at radius 1 is 1.30 bits per heavy atom. The molecule has 0 N–H and O–H groups in total. The highest BCUT2D eigenvalue weighted by molar-refractivity contribution is 5.37. The van der Waals surface area contributed by atoms with Crippen LogP contribution in [0.3, 0.4) is 0 Å². The van der Waals surface area contributed by atoms with Crippen LogP contribution in [0.15, 0.2) is 36.8 Å². The Hall–Kier alpha value is -2.21. The standard InChI is InChI=1S/C17H21FN4O/c1-13-10-22(17-5-6-19-12-20-17)8-7-21(13)11-14-3-4-16(23-2)15(18)9-14/h3-6,9,12-13H,7-8,10-11H2,1-2H3. The lowest BCUT2D eigenvalue weighted by atomic mass is 10.1. The molecule has 0 saturated carbocycles. The zero-order valence-corrected chi connectivity index (χ0v) is 13.4. The first-order valence-electron chi connectivity index (χ1n) is 7.75. The second-order valence-electron chi connectivity index (χ2n) is 5.80. The van der Waals surface area contributed by atoms with E-state index in [0.29, 0.717) is 6.04 Å². The van der Waals surface area contributed by atoms with Gasteiger partial charge in [0.2, 0.25) is 0 Å². The second-order valence-corrected chi connectivity index (χ2v) is 5.80. The molecule has 23 heavy (non-hydrogen) atoms. The third-order valence-electron chi connectivity index (χ3n) is 4.26. The minimum Gasteiger partial charge on any atom is -0.494 e. The SMILES string of the molecule is COc1ccc(CN2CCN(c3ccncn3)CC2C)cc1F. The van der Waals surface area contributed by atoms with Crippen LogP contribution in [0.5, 0.6) is 5.75 Å². The molecule has 1 unspecified atom stereocenters. The predicted octanol–water partition coefficient (Wildman–Crippen LogP) is 2.33. The van der Waals surface area contributed by atoms with Gasteiger partial charge >= 0.3 is 0 Å². The van der Waals surface area contributed by atoms with Gasteiger partial charge in [0.05, 0.1) is 7.11 Å². The topological polar surface area (TPSA) is 41.5 Å². The summed E-state index contributed by atoms with van der Waals surface area (Å²) in [7, 11) is 1.48. The first kappa shape index (κ1) is 15.7. The molecule has 1 atom stereocenters. The van der Waals surface area contributed by atoms with Crippen LogP contribution in [-0.4, -0.2) is 47.7 Å². The van der Waals surface area contributed by atoms with Crippen molar-refractivity contribution in [2.45, 2.75) is 19.5 Å². The van der Waals surface area contributed by atoms with Gasteiger partial charge in [-0.3, -0.25) is 4.90 Å². The molecule has 0 spiro atoms. The highest BCUT2D eigenvalue weighted by Crippen LogP contribution is 2.21. The number of halogens is 1. The average Bonchev–Trinajstić information content (AvgIpc) is 2.58. The maximum atomic E-state index is 13.8. The van der Waals surface area contributed by atoms with Gasteiger partial charge in [-0.15, -0.1) is 0 Å². The van der Waals surface area contributed by atoms with Crippen LogP contribution >= 0.6 is 0 Å². The molecule has 6 heteroatoms. The van der Waals surface area contributed by atoms with Crippen molar-refractivity contribution in [2.75, 3.05) is 31.6 Å². The third-order valence-corrected chi connectivity index (χ3v) is 4.26. The van der Waals surface area contributed by atoms with Crippen LogP contribution in [0.2, 0.25) is 0 Å². The van der Waals surface area contributed by atoms with Gasteiger partial charge in [0.1, 0.15) is 12.1 Å². The molecule has 1 saturated heterocycles. The van der Waals surface area contributed by atoms with Crippen molar-refractivity contribution < 1.29 is 9.13 Å². The molecular formula is C17H21FN4O. The molecule has 0 amide bonds. The quantitative estimate of drug-likeness (QED) is 0.866. The summed E-state index contributed by atoms with van der Waals surface area (Å²) in [5.41, 5.74) is 0.964. The molecule has 1 fully saturated rings. The van der Waals surface area contributed by atoms with Crippen LogP contribution < -0.4 is 9.64 Å². The minimum absolute atomic E-state index is 0.287. The molecule has 122 valence electrons.